The molecule has 0 N–H and O–H groups in total. The standard InChI is InChI=1S/C21H29NO3/c1-2-25-21(24)14-16-8-10-18(11-9-16)19-6-3-5-17(13-19)15-22-12-4-7-20(22)23/h3,5-6,13,16,18H,2,4,7-12,14-15H2,1H3. The molecule has 0 unspecified atom stereocenters. The van der Waals surface area contributed by atoms with Crippen molar-refractivity contribution in [1.29, 1.82) is 0 Å². The van der Waals surface area contributed by atoms with Crippen molar-refractivity contribution in [3.8, 4) is 0 Å². The van der Waals surface area contributed by atoms with Gasteiger partial charge < -0.3 is 9.64 Å². The number of benzene rings is 1. The van der Waals surface area contributed by atoms with Crippen molar-refractivity contribution in [2.24, 2.45) is 5.92 Å². The minimum Gasteiger partial charge on any atom is -0.466 e. The molecule has 0 spiro atoms. The SMILES string of the molecule is CCOC(=O)CC1CCC(c2cccc(CN3CCCC3=O)c2)CC1. The lowest BCUT2D eigenvalue weighted by molar-refractivity contribution is -0.144. The first-order chi connectivity index (χ1) is 12.2. The zero-order valence-electron chi connectivity index (χ0n) is 15.2. The van der Waals surface area contributed by atoms with Crippen molar-refractivity contribution in [3.05, 3.63) is 35.4 Å². The molecule has 1 aromatic rings. The minimum atomic E-state index is -0.0526. The fraction of sp³-hybridized carbons (Fsp3) is 0.619. The zero-order chi connectivity index (χ0) is 17.6. The Hall–Kier alpha value is -1.84. The average Bonchev–Trinajstić information content (AvgIpc) is 3.01. The molecular weight excluding hydrogens is 314 g/mol. The summed E-state index contributed by atoms with van der Waals surface area (Å²) in [7, 11) is 0. The Kier molecular flexibility index (Phi) is 6.11. The summed E-state index contributed by atoms with van der Waals surface area (Å²) in [5.74, 6) is 1.28. The van der Waals surface area contributed by atoms with Crippen molar-refractivity contribution in [2.45, 2.75) is 64.3 Å². The highest BCUT2D eigenvalue weighted by atomic mass is 16.5. The maximum atomic E-state index is 11.8. The zero-order valence-corrected chi connectivity index (χ0v) is 15.2. The lowest BCUT2D eigenvalue weighted by Gasteiger charge is -2.28. The van der Waals surface area contributed by atoms with E-state index < -0.39 is 0 Å². The van der Waals surface area contributed by atoms with Crippen LogP contribution in [0.1, 0.15) is 68.9 Å². The second-order valence-corrected chi connectivity index (χ2v) is 7.39. The highest BCUT2D eigenvalue weighted by Crippen LogP contribution is 2.37. The normalized spacial score (nSPS) is 23.7. The molecule has 2 aliphatic rings. The van der Waals surface area contributed by atoms with Crippen LogP contribution in [0.25, 0.3) is 0 Å². The highest BCUT2D eigenvalue weighted by molar-refractivity contribution is 5.78. The van der Waals surface area contributed by atoms with Crippen LogP contribution in [0.2, 0.25) is 0 Å². The molecule has 136 valence electrons. The summed E-state index contributed by atoms with van der Waals surface area (Å²) in [5.41, 5.74) is 2.63. The maximum absolute atomic E-state index is 11.8. The van der Waals surface area contributed by atoms with E-state index in [9.17, 15) is 9.59 Å². The number of carbonyl (C=O) groups is 2. The first-order valence-electron chi connectivity index (χ1n) is 9.68. The van der Waals surface area contributed by atoms with Gasteiger partial charge in [0.15, 0.2) is 0 Å². The van der Waals surface area contributed by atoms with Crippen LogP contribution in [0, 0.1) is 5.92 Å². The van der Waals surface area contributed by atoms with Gasteiger partial charge in [-0.3, -0.25) is 9.59 Å². The topological polar surface area (TPSA) is 46.6 Å². The molecule has 1 aromatic carbocycles. The quantitative estimate of drug-likeness (QED) is 0.733. The molecule has 1 saturated carbocycles. The summed E-state index contributed by atoms with van der Waals surface area (Å²) < 4.78 is 5.07. The number of esters is 1. The van der Waals surface area contributed by atoms with E-state index in [-0.39, 0.29) is 11.9 Å². The molecule has 1 saturated heterocycles. The van der Waals surface area contributed by atoms with Gasteiger partial charge in [-0.25, -0.2) is 0 Å². The summed E-state index contributed by atoms with van der Waals surface area (Å²) in [6.07, 6.45) is 6.72. The van der Waals surface area contributed by atoms with Crippen molar-refractivity contribution in [2.75, 3.05) is 13.2 Å². The van der Waals surface area contributed by atoms with Crippen LogP contribution >= 0.6 is 0 Å². The number of nitrogens with zero attached hydrogens (tertiary/aromatic N) is 1. The number of likely N-dealkylation sites (tertiary alicyclic amines) is 1. The summed E-state index contributed by atoms with van der Waals surface area (Å²) >= 11 is 0. The Morgan fingerprint density at radius 3 is 2.72 bits per heavy atom. The molecule has 1 amide bonds. The van der Waals surface area contributed by atoms with Crippen LogP contribution in [0.15, 0.2) is 24.3 Å². The van der Waals surface area contributed by atoms with Gasteiger partial charge in [0.05, 0.1) is 6.61 Å². The van der Waals surface area contributed by atoms with E-state index in [4.69, 9.17) is 4.74 Å². The lowest BCUT2D eigenvalue weighted by Crippen LogP contribution is -2.24. The fourth-order valence-corrected chi connectivity index (χ4v) is 4.19. The van der Waals surface area contributed by atoms with Gasteiger partial charge in [0.2, 0.25) is 5.91 Å². The predicted molar refractivity (Wildman–Crippen MR) is 97.0 cm³/mol. The van der Waals surface area contributed by atoms with Gasteiger partial charge in [-0.05, 0) is 62.0 Å². The van der Waals surface area contributed by atoms with E-state index >= 15 is 0 Å². The molecule has 4 nitrogen and oxygen atoms in total. The highest BCUT2D eigenvalue weighted by Gasteiger charge is 2.25. The smallest absolute Gasteiger partial charge is 0.306 e. The molecule has 2 fully saturated rings. The van der Waals surface area contributed by atoms with E-state index in [2.05, 4.69) is 24.3 Å². The Bertz CT molecular complexity index is 605. The van der Waals surface area contributed by atoms with Crippen molar-refractivity contribution in [3.63, 3.8) is 0 Å². The van der Waals surface area contributed by atoms with E-state index in [0.29, 0.717) is 31.3 Å². The summed E-state index contributed by atoms with van der Waals surface area (Å²) in [4.78, 5) is 25.4. The minimum absolute atomic E-state index is 0.0526. The van der Waals surface area contributed by atoms with Crippen molar-refractivity contribution >= 4 is 11.9 Å². The van der Waals surface area contributed by atoms with Gasteiger partial charge in [0.1, 0.15) is 0 Å². The number of hydrogen-bond donors (Lipinski definition) is 0. The van der Waals surface area contributed by atoms with Gasteiger partial charge in [0, 0.05) is 25.9 Å². The number of carbonyl (C=O) groups excluding carboxylic acids is 2. The summed E-state index contributed by atoms with van der Waals surface area (Å²) in [6.45, 7) is 3.96. The van der Waals surface area contributed by atoms with Gasteiger partial charge in [-0.15, -0.1) is 0 Å². The van der Waals surface area contributed by atoms with E-state index in [0.717, 1.165) is 45.2 Å². The molecule has 4 heteroatoms. The largest absolute Gasteiger partial charge is 0.466 e. The monoisotopic (exact) mass is 343 g/mol. The Morgan fingerprint density at radius 1 is 1.24 bits per heavy atom. The van der Waals surface area contributed by atoms with Crippen molar-refractivity contribution in [1.82, 2.24) is 4.90 Å². The molecule has 25 heavy (non-hydrogen) atoms. The van der Waals surface area contributed by atoms with Crippen LogP contribution in [-0.4, -0.2) is 29.9 Å². The summed E-state index contributed by atoms with van der Waals surface area (Å²) in [5, 5.41) is 0. The molecule has 1 aliphatic carbocycles. The predicted octanol–water partition coefficient (Wildman–Crippen LogP) is 4.04. The molecule has 0 radical (unpaired) electrons. The Morgan fingerprint density at radius 2 is 2.04 bits per heavy atom. The fourth-order valence-electron chi connectivity index (χ4n) is 4.19. The molecule has 0 aromatic heterocycles. The van der Waals surface area contributed by atoms with Crippen LogP contribution in [0.5, 0.6) is 0 Å². The Labute approximate surface area is 150 Å². The van der Waals surface area contributed by atoms with Gasteiger partial charge in [-0.2, -0.15) is 0 Å². The third kappa shape index (κ3) is 4.83. The molecule has 0 bridgehead atoms. The Balaban J connectivity index is 1.54. The number of amides is 1. The second-order valence-electron chi connectivity index (χ2n) is 7.39. The van der Waals surface area contributed by atoms with Crippen LogP contribution in [0.3, 0.4) is 0 Å². The number of ether oxygens (including phenoxy) is 1. The van der Waals surface area contributed by atoms with Crippen LogP contribution in [0.4, 0.5) is 0 Å². The lowest BCUT2D eigenvalue weighted by atomic mass is 9.77. The van der Waals surface area contributed by atoms with Gasteiger partial charge in [0.25, 0.3) is 0 Å². The van der Waals surface area contributed by atoms with Crippen molar-refractivity contribution < 1.29 is 14.3 Å². The number of hydrogen-bond acceptors (Lipinski definition) is 3. The van der Waals surface area contributed by atoms with E-state index in [1.54, 1.807) is 0 Å². The van der Waals surface area contributed by atoms with Gasteiger partial charge >= 0.3 is 5.97 Å². The molecule has 3 rings (SSSR count). The second kappa shape index (κ2) is 8.50. The first-order valence-corrected chi connectivity index (χ1v) is 9.68. The van der Waals surface area contributed by atoms with Crippen LogP contribution < -0.4 is 0 Å². The maximum Gasteiger partial charge on any atom is 0.306 e. The van der Waals surface area contributed by atoms with E-state index in [1.807, 2.05) is 11.8 Å². The molecule has 0 atom stereocenters. The van der Waals surface area contributed by atoms with Crippen LogP contribution in [-0.2, 0) is 20.9 Å². The molecular formula is C21H29NO3. The third-order valence-corrected chi connectivity index (χ3v) is 5.57. The molecule has 1 heterocycles. The summed E-state index contributed by atoms with van der Waals surface area (Å²) in [6, 6.07) is 8.74. The molecule has 1 aliphatic heterocycles. The van der Waals surface area contributed by atoms with Gasteiger partial charge in [-0.1, -0.05) is 24.3 Å². The third-order valence-electron chi connectivity index (χ3n) is 5.57. The number of rotatable bonds is 6. The average molecular weight is 343 g/mol. The first kappa shape index (κ1) is 18.0. The van der Waals surface area contributed by atoms with E-state index in [1.165, 1.54) is 11.1 Å².